The van der Waals surface area contributed by atoms with Crippen molar-refractivity contribution in [1.82, 2.24) is 4.90 Å². The minimum atomic E-state index is -0.357. The van der Waals surface area contributed by atoms with E-state index in [2.05, 4.69) is 4.90 Å². The molecular formula is C13H24N2O4. The quantitative estimate of drug-likeness (QED) is 0.482. The molecule has 6 heteroatoms. The Morgan fingerprint density at radius 1 is 1.32 bits per heavy atom. The van der Waals surface area contributed by atoms with Crippen molar-refractivity contribution in [3.8, 4) is 0 Å². The van der Waals surface area contributed by atoms with Crippen LogP contribution in [0.25, 0.3) is 0 Å². The highest BCUT2D eigenvalue weighted by Gasteiger charge is 2.23. The predicted octanol–water partition coefficient (Wildman–Crippen LogP) is 0.296. The van der Waals surface area contributed by atoms with Gasteiger partial charge in [0.25, 0.3) is 0 Å². The molecular weight excluding hydrogens is 248 g/mol. The predicted molar refractivity (Wildman–Crippen MR) is 70.5 cm³/mol. The van der Waals surface area contributed by atoms with E-state index in [1.165, 1.54) is 12.8 Å². The van der Waals surface area contributed by atoms with Gasteiger partial charge in [-0.3, -0.25) is 9.69 Å². The first-order valence-electron chi connectivity index (χ1n) is 6.89. The molecule has 1 aliphatic rings. The van der Waals surface area contributed by atoms with Gasteiger partial charge in [-0.2, -0.15) is 0 Å². The summed E-state index contributed by atoms with van der Waals surface area (Å²) in [5, 5.41) is 0. The average molecular weight is 272 g/mol. The lowest BCUT2D eigenvalue weighted by Crippen LogP contribution is -2.42. The van der Waals surface area contributed by atoms with Gasteiger partial charge in [0, 0.05) is 12.6 Å². The van der Waals surface area contributed by atoms with E-state index in [-0.39, 0.29) is 25.0 Å². The number of primary amides is 1. The van der Waals surface area contributed by atoms with E-state index >= 15 is 0 Å². The van der Waals surface area contributed by atoms with Crippen molar-refractivity contribution in [2.45, 2.75) is 38.6 Å². The summed E-state index contributed by atoms with van der Waals surface area (Å²) >= 11 is 0. The molecule has 0 aliphatic heterocycles. The van der Waals surface area contributed by atoms with Crippen molar-refractivity contribution in [3.63, 3.8) is 0 Å². The third-order valence-corrected chi connectivity index (χ3v) is 3.25. The van der Waals surface area contributed by atoms with Crippen LogP contribution in [0.4, 0.5) is 0 Å². The summed E-state index contributed by atoms with van der Waals surface area (Å²) in [5.74, 6) is -0.679. The Morgan fingerprint density at radius 3 is 2.58 bits per heavy atom. The van der Waals surface area contributed by atoms with Crippen LogP contribution in [-0.4, -0.2) is 55.7 Å². The number of carbonyl (C=O) groups is 2. The van der Waals surface area contributed by atoms with Crippen molar-refractivity contribution < 1.29 is 19.1 Å². The van der Waals surface area contributed by atoms with E-state index in [1.54, 1.807) is 6.92 Å². The van der Waals surface area contributed by atoms with Crippen molar-refractivity contribution in [2.75, 3.05) is 32.9 Å². The Morgan fingerprint density at radius 2 is 2.00 bits per heavy atom. The number of amides is 1. The molecule has 1 aliphatic carbocycles. The molecule has 1 amide bonds. The molecule has 110 valence electrons. The number of esters is 1. The molecule has 0 aromatic rings. The maximum Gasteiger partial charge on any atom is 0.332 e. The lowest BCUT2D eigenvalue weighted by atomic mass is 10.2. The standard InChI is InChI=1S/C13H24N2O4/c1-2-19-13(17)10-18-8-7-15(9-12(14)16)11-5-3-4-6-11/h11H,2-10H2,1H3,(H2,14,16). The van der Waals surface area contributed by atoms with Crippen LogP contribution >= 0.6 is 0 Å². The molecule has 1 fully saturated rings. The topological polar surface area (TPSA) is 81.9 Å². The molecule has 0 unspecified atom stereocenters. The Hall–Kier alpha value is -1.14. The minimum absolute atomic E-state index is 0.0388. The first-order valence-corrected chi connectivity index (χ1v) is 6.89. The molecule has 2 N–H and O–H groups in total. The molecule has 0 bridgehead atoms. The molecule has 0 atom stereocenters. The molecule has 0 spiro atoms. The zero-order chi connectivity index (χ0) is 14.1. The Kier molecular flexibility index (Phi) is 7.43. The normalized spacial score (nSPS) is 15.9. The van der Waals surface area contributed by atoms with Crippen LogP contribution in [0.15, 0.2) is 0 Å². The van der Waals surface area contributed by atoms with E-state index in [9.17, 15) is 9.59 Å². The van der Waals surface area contributed by atoms with Crippen molar-refractivity contribution in [3.05, 3.63) is 0 Å². The summed E-state index contributed by atoms with van der Waals surface area (Å²) in [6.45, 7) is 3.36. The number of hydrogen-bond donors (Lipinski definition) is 1. The maximum absolute atomic E-state index is 11.1. The van der Waals surface area contributed by atoms with E-state index in [1.807, 2.05) is 0 Å². The van der Waals surface area contributed by atoms with Crippen LogP contribution in [-0.2, 0) is 19.1 Å². The highest BCUT2D eigenvalue weighted by atomic mass is 16.6. The molecule has 1 saturated carbocycles. The fourth-order valence-corrected chi connectivity index (χ4v) is 2.40. The lowest BCUT2D eigenvalue weighted by Gasteiger charge is -2.27. The van der Waals surface area contributed by atoms with Gasteiger partial charge in [-0.15, -0.1) is 0 Å². The maximum atomic E-state index is 11.1. The first-order chi connectivity index (χ1) is 9.13. The summed E-state index contributed by atoms with van der Waals surface area (Å²) in [7, 11) is 0. The van der Waals surface area contributed by atoms with Gasteiger partial charge in [-0.05, 0) is 19.8 Å². The van der Waals surface area contributed by atoms with Gasteiger partial charge in [0.1, 0.15) is 6.61 Å². The van der Waals surface area contributed by atoms with Gasteiger partial charge in [-0.25, -0.2) is 4.79 Å². The number of nitrogens with zero attached hydrogens (tertiary/aromatic N) is 1. The van der Waals surface area contributed by atoms with Gasteiger partial charge in [0.05, 0.1) is 19.8 Å². The van der Waals surface area contributed by atoms with Gasteiger partial charge in [0.2, 0.25) is 5.91 Å². The lowest BCUT2D eigenvalue weighted by molar-refractivity contribution is -0.148. The second-order valence-electron chi connectivity index (χ2n) is 4.73. The molecule has 0 aromatic carbocycles. The van der Waals surface area contributed by atoms with Crippen LogP contribution < -0.4 is 5.73 Å². The molecule has 0 radical (unpaired) electrons. The van der Waals surface area contributed by atoms with E-state index in [0.717, 1.165) is 12.8 Å². The van der Waals surface area contributed by atoms with Crippen molar-refractivity contribution in [1.29, 1.82) is 0 Å². The summed E-state index contributed by atoms with van der Waals surface area (Å²) in [6.07, 6.45) is 4.60. The van der Waals surface area contributed by atoms with E-state index in [0.29, 0.717) is 25.8 Å². The second-order valence-corrected chi connectivity index (χ2v) is 4.73. The third kappa shape index (κ3) is 6.54. The molecule has 0 saturated heterocycles. The van der Waals surface area contributed by atoms with E-state index < -0.39 is 0 Å². The van der Waals surface area contributed by atoms with Crippen molar-refractivity contribution in [2.24, 2.45) is 5.73 Å². The van der Waals surface area contributed by atoms with Gasteiger partial charge < -0.3 is 15.2 Å². The van der Waals surface area contributed by atoms with Crippen molar-refractivity contribution >= 4 is 11.9 Å². The number of nitrogens with two attached hydrogens (primary N) is 1. The van der Waals surface area contributed by atoms with Crippen LogP contribution in [0, 0.1) is 0 Å². The Labute approximate surface area is 114 Å². The number of ether oxygens (including phenoxy) is 2. The highest BCUT2D eigenvalue weighted by molar-refractivity contribution is 5.76. The van der Waals surface area contributed by atoms with Crippen LogP contribution in [0.3, 0.4) is 0 Å². The van der Waals surface area contributed by atoms with E-state index in [4.69, 9.17) is 15.2 Å². The van der Waals surface area contributed by atoms with Gasteiger partial charge in [-0.1, -0.05) is 12.8 Å². The van der Waals surface area contributed by atoms with Crippen LogP contribution in [0.5, 0.6) is 0 Å². The summed E-state index contributed by atoms with van der Waals surface area (Å²) in [6, 6.07) is 0.415. The number of hydrogen-bond acceptors (Lipinski definition) is 5. The van der Waals surface area contributed by atoms with Crippen LogP contribution in [0.2, 0.25) is 0 Å². The monoisotopic (exact) mass is 272 g/mol. The SMILES string of the molecule is CCOC(=O)COCCN(CC(N)=O)C1CCCC1. The molecule has 0 heterocycles. The molecule has 1 rings (SSSR count). The Balaban J connectivity index is 2.24. The number of carbonyl (C=O) groups excluding carboxylic acids is 2. The van der Waals surface area contributed by atoms with Gasteiger partial charge in [0.15, 0.2) is 0 Å². The number of rotatable bonds is 9. The fourth-order valence-electron chi connectivity index (χ4n) is 2.40. The largest absolute Gasteiger partial charge is 0.464 e. The zero-order valence-electron chi connectivity index (χ0n) is 11.6. The molecule has 6 nitrogen and oxygen atoms in total. The molecule has 19 heavy (non-hydrogen) atoms. The molecule has 0 aromatic heterocycles. The average Bonchev–Trinajstić information content (AvgIpc) is 2.86. The zero-order valence-corrected chi connectivity index (χ0v) is 11.6. The Bertz CT molecular complexity index is 290. The van der Waals surface area contributed by atoms with Crippen LogP contribution in [0.1, 0.15) is 32.6 Å². The highest BCUT2D eigenvalue weighted by Crippen LogP contribution is 2.22. The summed E-state index contributed by atoms with van der Waals surface area (Å²) in [4.78, 5) is 24.2. The minimum Gasteiger partial charge on any atom is -0.464 e. The summed E-state index contributed by atoms with van der Waals surface area (Å²) < 4.78 is 10.0. The van der Waals surface area contributed by atoms with Gasteiger partial charge >= 0.3 is 5.97 Å². The fraction of sp³-hybridized carbons (Fsp3) is 0.846. The smallest absolute Gasteiger partial charge is 0.332 e. The second kappa shape index (κ2) is 8.87. The first kappa shape index (κ1) is 15.9. The summed E-state index contributed by atoms with van der Waals surface area (Å²) in [5.41, 5.74) is 5.26. The third-order valence-electron chi connectivity index (χ3n) is 3.25.